The number of hydrogen-bond acceptors (Lipinski definition) is 3. The Hall–Kier alpha value is -0.610. The van der Waals surface area contributed by atoms with E-state index in [0.717, 1.165) is 51.6 Å². The van der Waals surface area contributed by atoms with Crippen molar-refractivity contribution in [1.29, 1.82) is 0 Å². The van der Waals surface area contributed by atoms with Crippen LogP contribution in [0, 0.1) is 5.92 Å². The zero-order valence-electron chi connectivity index (χ0n) is 10.7. The Morgan fingerprint density at radius 2 is 2.29 bits per heavy atom. The van der Waals surface area contributed by atoms with Crippen LogP contribution in [0.4, 0.5) is 0 Å². The molecular weight excluding hydrogens is 216 g/mol. The zero-order valence-corrected chi connectivity index (χ0v) is 10.7. The molecule has 0 aromatic rings. The van der Waals surface area contributed by atoms with Crippen LogP contribution in [0.1, 0.15) is 45.4 Å². The lowest BCUT2D eigenvalue weighted by atomic mass is 9.82. The van der Waals surface area contributed by atoms with E-state index in [0.29, 0.717) is 5.92 Å². The molecule has 98 valence electrons. The van der Waals surface area contributed by atoms with Gasteiger partial charge >= 0.3 is 0 Å². The standard InChI is InChI=1S/C13H24N2O2/c1-2-4-13(5-3-6-15-13)12(17)14-9-10-7-11(16)8-10/h10-11,15-16H,2-9H2,1H3,(H,14,17). The summed E-state index contributed by atoms with van der Waals surface area (Å²) in [5.74, 6) is 0.646. The first-order valence-electron chi connectivity index (χ1n) is 6.87. The largest absolute Gasteiger partial charge is 0.393 e. The Balaban J connectivity index is 1.80. The van der Waals surface area contributed by atoms with Crippen molar-refractivity contribution in [3.05, 3.63) is 0 Å². The topological polar surface area (TPSA) is 61.4 Å². The first-order chi connectivity index (χ1) is 8.16. The molecule has 2 rings (SSSR count). The number of carbonyl (C=O) groups is 1. The Kier molecular flexibility index (Phi) is 4.05. The number of rotatable bonds is 5. The minimum Gasteiger partial charge on any atom is -0.393 e. The summed E-state index contributed by atoms with van der Waals surface area (Å²) in [5.41, 5.74) is -0.308. The predicted molar refractivity (Wildman–Crippen MR) is 66.6 cm³/mol. The highest BCUT2D eigenvalue weighted by Gasteiger charge is 2.40. The summed E-state index contributed by atoms with van der Waals surface area (Å²) >= 11 is 0. The van der Waals surface area contributed by atoms with Crippen LogP contribution in [0.3, 0.4) is 0 Å². The molecule has 1 aliphatic carbocycles. The number of amides is 1. The lowest BCUT2D eigenvalue weighted by Gasteiger charge is -2.33. The van der Waals surface area contributed by atoms with Gasteiger partial charge in [-0.3, -0.25) is 4.79 Å². The first kappa shape index (κ1) is 12.8. The molecule has 4 nitrogen and oxygen atoms in total. The zero-order chi connectivity index (χ0) is 12.3. The molecule has 0 aromatic heterocycles. The fourth-order valence-electron chi connectivity index (χ4n) is 3.03. The van der Waals surface area contributed by atoms with E-state index in [1.165, 1.54) is 0 Å². The van der Waals surface area contributed by atoms with Gasteiger partial charge < -0.3 is 15.7 Å². The molecule has 1 heterocycles. The summed E-state index contributed by atoms with van der Waals surface area (Å²) in [7, 11) is 0. The maximum atomic E-state index is 12.2. The second kappa shape index (κ2) is 5.36. The van der Waals surface area contributed by atoms with Crippen LogP contribution in [0.15, 0.2) is 0 Å². The van der Waals surface area contributed by atoms with Gasteiger partial charge in [0, 0.05) is 6.54 Å². The Bertz CT molecular complexity index is 269. The van der Waals surface area contributed by atoms with E-state index in [1.807, 2.05) is 0 Å². The molecule has 1 atom stereocenters. The van der Waals surface area contributed by atoms with Gasteiger partial charge in [0.1, 0.15) is 0 Å². The van der Waals surface area contributed by atoms with Crippen LogP contribution in [0.5, 0.6) is 0 Å². The van der Waals surface area contributed by atoms with Gasteiger partial charge in [-0.25, -0.2) is 0 Å². The van der Waals surface area contributed by atoms with Crippen LogP contribution in [0.25, 0.3) is 0 Å². The van der Waals surface area contributed by atoms with Gasteiger partial charge in [0.15, 0.2) is 0 Å². The van der Waals surface area contributed by atoms with E-state index in [1.54, 1.807) is 0 Å². The average Bonchev–Trinajstić information content (AvgIpc) is 2.73. The third-order valence-electron chi connectivity index (χ3n) is 4.12. The lowest BCUT2D eigenvalue weighted by molar-refractivity contribution is -0.128. The molecule has 0 aromatic carbocycles. The number of hydrogen-bond donors (Lipinski definition) is 3. The second-order valence-electron chi connectivity index (χ2n) is 5.56. The third-order valence-corrected chi connectivity index (χ3v) is 4.12. The SMILES string of the molecule is CCCC1(C(=O)NCC2CC(O)C2)CCCN1. The smallest absolute Gasteiger partial charge is 0.240 e. The van der Waals surface area contributed by atoms with Gasteiger partial charge in [-0.1, -0.05) is 13.3 Å². The molecule has 17 heavy (non-hydrogen) atoms. The molecule has 1 saturated heterocycles. The van der Waals surface area contributed by atoms with Gasteiger partial charge in [0.25, 0.3) is 0 Å². The summed E-state index contributed by atoms with van der Waals surface area (Å²) in [5, 5.41) is 15.6. The fourth-order valence-corrected chi connectivity index (χ4v) is 3.03. The van der Waals surface area contributed by atoms with Crippen molar-refractivity contribution < 1.29 is 9.90 Å². The summed E-state index contributed by atoms with van der Waals surface area (Å²) in [6.07, 6.45) is 5.55. The van der Waals surface area contributed by atoms with Gasteiger partial charge in [0.2, 0.25) is 5.91 Å². The van der Waals surface area contributed by atoms with Crippen molar-refractivity contribution in [2.75, 3.05) is 13.1 Å². The highest BCUT2D eigenvalue weighted by Crippen LogP contribution is 2.28. The van der Waals surface area contributed by atoms with Gasteiger partial charge in [-0.15, -0.1) is 0 Å². The van der Waals surface area contributed by atoms with Crippen molar-refractivity contribution in [3.8, 4) is 0 Å². The molecule has 1 saturated carbocycles. The van der Waals surface area contributed by atoms with E-state index < -0.39 is 0 Å². The van der Waals surface area contributed by atoms with Gasteiger partial charge in [-0.2, -0.15) is 0 Å². The number of aliphatic hydroxyl groups is 1. The van der Waals surface area contributed by atoms with E-state index in [4.69, 9.17) is 0 Å². The Morgan fingerprint density at radius 1 is 1.53 bits per heavy atom. The molecule has 1 unspecified atom stereocenters. The molecule has 1 aliphatic heterocycles. The van der Waals surface area contributed by atoms with E-state index in [9.17, 15) is 9.90 Å². The van der Waals surface area contributed by atoms with Crippen molar-refractivity contribution in [2.45, 2.75) is 57.1 Å². The monoisotopic (exact) mass is 240 g/mol. The summed E-state index contributed by atoms with van der Waals surface area (Å²) in [6, 6.07) is 0. The molecule has 0 bridgehead atoms. The summed E-state index contributed by atoms with van der Waals surface area (Å²) in [6.45, 7) is 3.80. The second-order valence-corrected chi connectivity index (χ2v) is 5.56. The lowest BCUT2D eigenvalue weighted by Crippen LogP contribution is -2.54. The van der Waals surface area contributed by atoms with Gasteiger partial charge in [0.05, 0.1) is 11.6 Å². The predicted octanol–water partition coefficient (Wildman–Crippen LogP) is 0.796. The van der Waals surface area contributed by atoms with Gasteiger partial charge in [-0.05, 0) is 44.6 Å². The quantitative estimate of drug-likeness (QED) is 0.666. The number of aliphatic hydroxyl groups excluding tert-OH is 1. The molecule has 2 aliphatic rings. The van der Waals surface area contributed by atoms with E-state index in [-0.39, 0.29) is 17.6 Å². The molecule has 3 N–H and O–H groups in total. The van der Waals surface area contributed by atoms with Crippen molar-refractivity contribution in [3.63, 3.8) is 0 Å². The fraction of sp³-hybridized carbons (Fsp3) is 0.923. The highest BCUT2D eigenvalue weighted by molar-refractivity contribution is 5.86. The Morgan fingerprint density at radius 3 is 2.82 bits per heavy atom. The summed E-state index contributed by atoms with van der Waals surface area (Å²) in [4.78, 5) is 12.2. The Labute approximate surface area is 103 Å². The van der Waals surface area contributed by atoms with Crippen molar-refractivity contribution in [1.82, 2.24) is 10.6 Å². The highest BCUT2D eigenvalue weighted by atomic mass is 16.3. The number of nitrogens with one attached hydrogen (secondary N) is 2. The maximum absolute atomic E-state index is 12.2. The molecule has 0 radical (unpaired) electrons. The third kappa shape index (κ3) is 2.80. The van der Waals surface area contributed by atoms with E-state index in [2.05, 4.69) is 17.6 Å². The van der Waals surface area contributed by atoms with E-state index >= 15 is 0 Å². The molecule has 0 spiro atoms. The molecule has 1 amide bonds. The minimum atomic E-state index is -0.308. The first-order valence-corrected chi connectivity index (χ1v) is 6.87. The summed E-state index contributed by atoms with van der Waals surface area (Å²) < 4.78 is 0. The van der Waals surface area contributed by atoms with Crippen LogP contribution < -0.4 is 10.6 Å². The average molecular weight is 240 g/mol. The molecule has 4 heteroatoms. The maximum Gasteiger partial charge on any atom is 0.240 e. The van der Waals surface area contributed by atoms with Crippen LogP contribution in [-0.4, -0.2) is 35.7 Å². The van der Waals surface area contributed by atoms with Crippen LogP contribution in [-0.2, 0) is 4.79 Å². The molecule has 2 fully saturated rings. The minimum absolute atomic E-state index is 0.133. The van der Waals surface area contributed by atoms with Crippen LogP contribution in [0.2, 0.25) is 0 Å². The van der Waals surface area contributed by atoms with Crippen molar-refractivity contribution >= 4 is 5.91 Å². The van der Waals surface area contributed by atoms with Crippen LogP contribution >= 0.6 is 0 Å². The number of carbonyl (C=O) groups excluding carboxylic acids is 1. The normalized spacial score (nSPS) is 36.6. The van der Waals surface area contributed by atoms with Crippen molar-refractivity contribution in [2.24, 2.45) is 5.92 Å². The molecular formula is C13H24N2O2.